The summed E-state index contributed by atoms with van der Waals surface area (Å²) in [5.41, 5.74) is 1.48. The fraction of sp³-hybridized carbons (Fsp3) is 0.222. The number of nitrogens with one attached hydrogen (secondary N) is 1. The molecule has 0 heterocycles. The molecule has 2 aromatic rings. The van der Waals surface area contributed by atoms with Gasteiger partial charge in [0.05, 0.1) is 0 Å². The van der Waals surface area contributed by atoms with Crippen LogP contribution < -0.4 is 10.1 Å². The van der Waals surface area contributed by atoms with Crippen molar-refractivity contribution in [3.8, 4) is 5.75 Å². The molecule has 0 bridgehead atoms. The molecule has 0 saturated carbocycles. The second kappa shape index (κ2) is 8.93. The van der Waals surface area contributed by atoms with E-state index in [4.69, 9.17) is 21.1 Å². The van der Waals surface area contributed by atoms with E-state index in [0.717, 1.165) is 5.56 Å². The van der Waals surface area contributed by atoms with E-state index in [1.54, 1.807) is 42.5 Å². The van der Waals surface area contributed by atoms with Crippen LogP contribution in [-0.4, -0.2) is 31.6 Å². The van der Waals surface area contributed by atoms with Gasteiger partial charge in [-0.15, -0.1) is 0 Å². The number of halogens is 1. The molecule has 1 amide bonds. The van der Waals surface area contributed by atoms with Gasteiger partial charge in [-0.05, 0) is 37.3 Å². The SMILES string of the molecule is Cc1cccc(C(=O)NCC(=O)OCCOc2cccc(Cl)c2)c1. The van der Waals surface area contributed by atoms with Crippen molar-refractivity contribution in [1.82, 2.24) is 5.32 Å². The van der Waals surface area contributed by atoms with Crippen molar-refractivity contribution in [2.45, 2.75) is 6.92 Å². The maximum Gasteiger partial charge on any atom is 0.325 e. The highest BCUT2D eigenvalue weighted by Crippen LogP contribution is 2.16. The van der Waals surface area contributed by atoms with E-state index in [1.807, 2.05) is 13.0 Å². The molecule has 0 aliphatic rings. The number of esters is 1. The van der Waals surface area contributed by atoms with E-state index in [2.05, 4.69) is 5.32 Å². The lowest BCUT2D eigenvalue weighted by molar-refractivity contribution is -0.143. The second-order valence-electron chi connectivity index (χ2n) is 5.08. The van der Waals surface area contributed by atoms with Crippen LogP contribution in [0.3, 0.4) is 0 Å². The average Bonchev–Trinajstić information content (AvgIpc) is 2.56. The lowest BCUT2D eigenvalue weighted by Gasteiger charge is -2.08. The first-order valence-electron chi connectivity index (χ1n) is 7.43. The van der Waals surface area contributed by atoms with E-state index >= 15 is 0 Å². The number of carbonyl (C=O) groups is 2. The first-order valence-corrected chi connectivity index (χ1v) is 7.81. The first kappa shape index (κ1) is 17.8. The number of benzene rings is 2. The smallest absolute Gasteiger partial charge is 0.325 e. The molecule has 6 heteroatoms. The molecule has 0 spiro atoms. The molecule has 0 atom stereocenters. The largest absolute Gasteiger partial charge is 0.490 e. The first-order chi connectivity index (χ1) is 11.5. The molecule has 24 heavy (non-hydrogen) atoms. The highest BCUT2D eigenvalue weighted by atomic mass is 35.5. The van der Waals surface area contributed by atoms with Crippen LogP contribution in [0.25, 0.3) is 0 Å². The number of hydrogen-bond acceptors (Lipinski definition) is 4. The predicted octanol–water partition coefficient (Wildman–Crippen LogP) is 3.00. The van der Waals surface area contributed by atoms with E-state index in [9.17, 15) is 9.59 Å². The van der Waals surface area contributed by atoms with Crippen LogP contribution in [0.15, 0.2) is 48.5 Å². The van der Waals surface area contributed by atoms with E-state index in [-0.39, 0.29) is 25.7 Å². The van der Waals surface area contributed by atoms with Gasteiger partial charge in [-0.2, -0.15) is 0 Å². The second-order valence-corrected chi connectivity index (χ2v) is 5.51. The molecule has 2 rings (SSSR count). The molecule has 0 unspecified atom stereocenters. The van der Waals surface area contributed by atoms with Gasteiger partial charge in [-0.1, -0.05) is 35.4 Å². The summed E-state index contributed by atoms with van der Waals surface area (Å²) >= 11 is 5.83. The summed E-state index contributed by atoms with van der Waals surface area (Å²) < 4.78 is 10.4. The van der Waals surface area contributed by atoms with E-state index < -0.39 is 5.97 Å². The molecule has 0 fully saturated rings. The van der Waals surface area contributed by atoms with Gasteiger partial charge in [0.15, 0.2) is 0 Å². The Morgan fingerprint density at radius 3 is 2.62 bits per heavy atom. The van der Waals surface area contributed by atoms with Crippen molar-refractivity contribution in [1.29, 1.82) is 0 Å². The molecular formula is C18H18ClNO4. The highest BCUT2D eigenvalue weighted by Gasteiger charge is 2.09. The van der Waals surface area contributed by atoms with Crippen molar-refractivity contribution in [2.24, 2.45) is 0 Å². The van der Waals surface area contributed by atoms with Crippen molar-refractivity contribution in [3.05, 3.63) is 64.7 Å². The van der Waals surface area contributed by atoms with E-state index in [0.29, 0.717) is 16.3 Å². The zero-order chi connectivity index (χ0) is 17.4. The molecule has 2 aromatic carbocycles. The lowest BCUT2D eigenvalue weighted by atomic mass is 10.1. The van der Waals surface area contributed by atoms with Crippen LogP contribution in [-0.2, 0) is 9.53 Å². The zero-order valence-corrected chi connectivity index (χ0v) is 14.0. The Kier molecular flexibility index (Phi) is 6.63. The Bertz CT molecular complexity index is 718. The molecule has 126 valence electrons. The van der Waals surface area contributed by atoms with Gasteiger partial charge in [0.25, 0.3) is 5.91 Å². The van der Waals surface area contributed by atoms with Crippen molar-refractivity contribution in [2.75, 3.05) is 19.8 Å². The summed E-state index contributed by atoms with van der Waals surface area (Å²) in [5.74, 6) is -0.233. The molecule has 0 radical (unpaired) electrons. The predicted molar refractivity (Wildman–Crippen MR) is 91.4 cm³/mol. The quantitative estimate of drug-likeness (QED) is 0.617. The normalized spacial score (nSPS) is 10.1. The third-order valence-corrected chi connectivity index (χ3v) is 3.32. The van der Waals surface area contributed by atoms with Gasteiger partial charge in [0.1, 0.15) is 25.5 Å². The maximum atomic E-state index is 11.9. The number of ether oxygens (including phenoxy) is 2. The fourth-order valence-electron chi connectivity index (χ4n) is 1.96. The Morgan fingerprint density at radius 2 is 1.88 bits per heavy atom. The zero-order valence-electron chi connectivity index (χ0n) is 13.3. The molecular weight excluding hydrogens is 330 g/mol. The van der Waals surface area contributed by atoms with Crippen LogP contribution in [0, 0.1) is 6.92 Å². The fourth-order valence-corrected chi connectivity index (χ4v) is 2.14. The molecule has 5 nitrogen and oxygen atoms in total. The molecule has 0 saturated heterocycles. The maximum absolute atomic E-state index is 11.9. The minimum atomic E-state index is -0.523. The van der Waals surface area contributed by atoms with Crippen molar-refractivity contribution < 1.29 is 19.1 Å². The Hall–Kier alpha value is -2.53. The Labute approximate surface area is 145 Å². The number of rotatable bonds is 7. The Morgan fingerprint density at radius 1 is 1.08 bits per heavy atom. The highest BCUT2D eigenvalue weighted by molar-refractivity contribution is 6.30. The Balaban J connectivity index is 1.65. The van der Waals surface area contributed by atoms with Crippen LogP contribution in [0.2, 0.25) is 5.02 Å². The van der Waals surface area contributed by atoms with E-state index in [1.165, 1.54) is 0 Å². The van der Waals surface area contributed by atoms with Gasteiger partial charge in [-0.25, -0.2) is 0 Å². The van der Waals surface area contributed by atoms with Crippen molar-refractivity contribution >= 4 is 23.5 Å². The summed E-state index contributed by atoms with van der Waals surface area (Å²) in [6.07, 6.45) is 0. The average molecular weight is 348 g/mol. The summed E-state index contributed by atoms with van der Waals surface area (Å²) in [4.78, 5) is 23.5. The molecule has 0 aliphatic heterocycles. The number of amides is 1. The number of carbonyl (C=O) groups excluding carboxylic acids is 2. The lowest BCUT2D eigenvalue weighted by Crippen LogP contribution is -2.31. The van der Waals surface area contributed by atoms with Crippen LogP contribution in [0.1, 0.15) is 15.9 Å². The van der Waals surface area contributed by atoms with Gasteiger partial charge in [0.2, 0.25) is 0 Å². The third-order valence-electron chi connectivity index (χ3n) is 3.08. The van der Waals surface area contributed by atoms with Gasteiger partial charge in [0, 0.05) is 10.6 Å². The third kappa shape index (κ3) is 5.93. The van der Waals surface area contributed by atoms with Crippen LogP contribution in [0.4, 0.5) is 0 Å². The standard InChI is InChI=1S/C18H18ClNO4/c1-13-4-2-5-14(10-13)18(22)20-12-17(21)24-9-8-23-16-7-3-6-15(19)11-16/h2-7,10-11H,8-9,12H2,1H3,(H,20,22). The molecule has 0 aromatic heterocycles. The van der Waals surface area contributed by atoms with Gasteiger partial charge >= 0.3 is 5.97 Å². The number of hydrogen-bond donors (Lipinski definition) is 1. The molecule has 0 aliphatic carbocycles. The van der Waals surface area contributed by atoms with Crippen LogP contribution in [0.5, 0.6) is 5.75 Å². The summed E-state index contributed by atoms with van der Waals surface area (Å²) in [6, 6.07) is 14.1. The minimum Gasteiger partial charge on any atom is -0.490 e. The van der Waals surface area contributed by atoms with Crippen molar-refractivity contribution in [3.63, 3.8) is 0 Å². The monoisotopic (exact) mass is 347 g/mol. The van der Waals surface area contributed by atoms with Gasteiger partial charge in [-0.3, -0.25) is 9.59 Å². The summed E-state index contributed by atoms with van der Waals surface area (Å²) in [5, 5.41) is 3.09. The molecule has 1 N–H and O–H groups in total. The summed E-state index contributed by atoms with van der Waals surface area (Å²) in [6.45, 7) is 2.00. The summed E-state index contributed by atoms with van der Waals surface area (Å²) in [7, 11) is 0. The van der Waals surface area contributed by atoms with Gasteiger partial charge < -0.3 is 14.8 Å². The number of aryl methyl sites for hydroxylation is 1. The van der Waals surface area contributed by atoms with Crippen LogP contribution >= 0.6 is 11.6 Å². The minimum absolute atomic E-state index is 0.0890. The topological polar surface area (TPSA) is 64.6 Å².